The van der Waals surface area contributed by atoms with Crippen molar-refractivity contribution in [2.24, 2.45) is 11.7 Å². The molecule has 2 saturated carbocycles. The lowest BCUT2D eigenvalue weighted by molar-refractivity contribution is -0.117. The maximum absolute atomic E-state index is 14.8. The number of nitrogens with one attached hydrogen (secondary N) is 2. The molecule has 1 heterocycles. The van der Waals surface area contributed by atoms with Crippen molar-refractivity contribution in [2.75, 3.05) is 10.6 Å². The summed E-state index contributed by atoms with van der Waals surface area (Å²) in [6.07, 6.45) is 3.23. The van der Waals surface area contributed by atoms with E-state index in [1.165, 1.54) is 18.2 Å². The lowest BCUT2D eigenvalue weighted by Gasteiger charge is -2.15. The quantitative estimate of drug-likeness (QED) is 0.212. The molecular weight excluding hydrogens is 576 g/mol. The Hall–Kier alpha value is -3.75. The molecule has 2 fully saturated rings. The van der Waals surface area contributed by atoms with Gasteiger partial charge < -0.3 is 21.1 Å². The van der Waals surface area contributed by atoms with Gasteiger partial charge in [0.2, 0.25) is 5.91 Å². The van der Waals surface area contributed by atoms with E-state index in [2.05, 4.69) is 21.7 Å². The Kier molecular flexibility index (Phi) is 6.63. The molecule has 12 heteroatoms. The van der Waals surface area contributed by atoms with Crippen LogP contribution in [0, 0.1) is 23.1 Å². The highest BCUT2D eigenvalue weighted by molar-refractivity contribution is 7.22. The minimum absolute atomic E-state index is 0.00659. The molecule has 0 bridgehead atoms. The molecule has 0 spiro atoms. The van der Waals surface area contributed by atoms with Crippen molar-refractivity contribution in [1.29, 1.82) is 5.26 Å². The standard InChI is InChI=1S/C28H20Cl2FN5O3S/c29-17-10-18(31)20(34-26(38)14-2-1-3-16(23(14)30)28(33)8-9-28)11-22(17)39-21-7-6-19-24(15(21)12-32)40-27(35-19)36-25(37)13-4-5-13/h1-3,6-7,10-11,13H,4-5,8-9,33H2,(H,34,38)(H,35,36,37). The van der Waals surface area contributed by atoms with Gasteiger partial charge in [0.1, 0.15) is 28.9 Å². The third kappa shape index (κ3) is 4.97. The Labute approximate surface area is 241 Å². The number of carbonyl (C=O) groups excluding carboxylic acids is 2. The van der Waals surface area contributed by atoms with E-state index in [4.69, 9.17) is 33.7 Å². The number of fused-ring (bicyclic) bond motifs is 1. The lowest BCUT2D eigenvalue weighted by Crippen LogP contribution is -2.21. The summed E-state index contributed by atoms with van der Waals surface area (Å²) in [5.41, 5.74) is 7.03. The number of benzene rings is 3. The Balaban J connectivity index is 1.27. The van der Waals surface area contributed by atoms with E-state index in [9.17, 15) is 19.2 Å². The second kappa shape index (κ2) is 10.0. The van der Waals surface area contributed by atoms with Gasteiger partial charge in [-0.2, -0.15) is 5.26 Å². The molecule has 6 rings (SSSR count). The Bertz CT molecular complexity index is 1760. The van der Waals surface area contributed by atoms with E-state index in [-0.39, 0.29) is 50.2 Å². The Morgan fingerprint density at radius 2 is 1.93 bits per heavy atom. The Morgan fingerprint density at radius 1 is 1.15 bits per heavy atom. The van der Waals surface area contributed by atoms with Gasteiger partial charge in [0, 0.05) is 17.5 Å². The van der Waals surface area contributed by atoms with Crippen molar-refractivity contribution in [3.8, 4) is 17.6 Å². The van der Waals surface area contributed by atoms with Crippen LogP contribution in [0.25, 0.3) is 10.2 Å². The molecule has 202 valence electrons. The third-order valence-corrected chi connectivity index (χ3v) is 8.57. The smallest absolute Gasteiger partial charge is 0.257 e. The van der Waals surface area contributed by atoms with Crippen LogP contribution in [-0.2, 0) is 10.3 Å². The second-order valence-electron chi connectivity index (χ2n) is 9.82. The molecule has 1 aromatic heterocycles. The number of hydrogen-bond acceptors (Lipinski definition) is 7. The summed E-state index contributed by atoms with van der Waals surface area (Å²) in [6, 6.07) is 12.5. The van der Waals surface area contributed by atoms with Crippen molar-refractivity contribution >= 4 is 67.4 Å². The molecule has 8 nitrogen and oxygen atoms in total. The first-order valence-corrected chi connectivity index (χ1v) is 13.9. The number of anilines is 2. The SMILES string of the molecule is N#Cc1c(Oc2cc(NC(=O)c3cccc(C4(N)CC4)c3Cl)c(F)cc2Cl)ccc2nc(NC(=O)C3CC3)sc12. The summed E-state index contributed by atoms with van der Waals surface area (Å²) >= 11 is 13.9. The number of thiazole rings is 1. The van der Waals surface area contributed by atoms with E-state index in [0.717, 1.165) is 43.1 Å². The van der Waals surface area contributed by atoms with Crippen LogP contribution in [0.2, 0.25) is 10.0 Å². The predicted octanol–water partition coefficient (Wildman–Crippen LogP) is 6.95. The highest BCUT2D eigenvalue weighted by Crippen LogP contribution is 2.46. The van der Waals surface area contributed by atoms with Crippen LogP contribution in [0.3, 0.4) is 0 Å². The number of hydrogen-bond donors (Lipinski definition) is 3. The maximum Gasteiger partial charge on any atom is 0.257 e. The fourth-order valence-electron chi connectivity index (χ4n) is 4.28. The first-order valence-electron chi connectivity index (χ1n) is 12.4. The second-order valence-corrected chi connectivity index (χ2v) is 11.6. The van der Waals surface area contributed by atoms with Crippen LogP contribution in [0.5, 0.6) is 11.5 Å². The minimum atomic E-state index is -0.787. The highest BCUT2D eigenvalue weighted by Gasteiger charge is 2.42. The maximum atomic E-state index is 14.8. The van der Waals surface area contributed by atoms with Crippen molar-refractivity contribution < 1.29 is 18.7 Å². The number of halogens is 3. The molecule has 3 aromatic carbocycles. The molecule has 4 N–H and O–H groups in total. The van der Waals surface area contributed by atoms with Crippen LogP contribution in [0.1, 0.15) is 47.2 Å². The summed E-state index contributed by atoms with van der Waals surface area (Å²) in [7, 11) is 0. The van der Waals surface area contributed by atoms with Crippen LogP contribution in [0.15, 0.2) is 42.5 Å². The first-order chi connectivity index (χ1) is 19.2. The average molecular weight is 596 g/mol. The van der Waals surface area contributed by atoms with E-state index >= 15 is 0 Å². The van der Waals surface area contributed by atoms with Gasteiger partial charge in [0.05, 0.1) is 31.5 Å². The number of carbonyl (C=O) groups is 2. The predicted molar refractivity (Wildman–Crippen MR) is 152 cm³/mol. The number of aromatic nitrogens is 1. The average Bonchev–Trinajstić information content (AvgIpc) is 3.85. The number of nitriles is 1. The summed E-state index contributed by atoms with van der Waals surface area (Å²) in [6.45, 7) is 0. The zero-order valence-corrected chi connectivity index (χ0v) is 23.0. The first kappa shape index (κ1) is 26.5. The van der Waals surface area contributed by atoms with Crippen molar-refractivity contribution in [2.45, 2.75) is 31.2 Å². The number of nitrogens with two attached hydrogens (primary N) is 1. The zero-order valence-electron chi connectivity index (χ0n) is 20.7. The van der Waals surface area contributed by atoms with Crippen molar-refractivity contribution in [3.05, 3.63) is 75.0 Å². The third-order valence-electron chi connectivity index (χ3n) is 6.87. The number of nitrogens with zero attached hydrogens (tertiary/aromatic N) is 2. The number of rotatable bonds is 7. The summed E-state index contributed by atoms with van der Waals surface area (Å²) in [5, 5.41) is 15.7. The lowest BCUT2D eigenvalue weighted by atomic mass is 10.0. The van der Waals surface area contributed by atoms with Gasteiger partial charge in [-0.3, -0.25) is 9.59 Å². The van der Waals surface area contributed by atoms with Gasteiger partial charge in [-0.05, 0) is 55.5 Å². The molecular formula is C28H20Cl2FN5O3S. The van der Waals surface area contributed by atoms with Crippen LogP contribution in [-0.4, -0.2) is 16.8 Å². The van der Waals surface area contributed by atoms with Crippen molar-refractivity contribution in [1.82, 2.24) is 4.98 Å². The number of amides is 2. The van der Waals surface area contributed by atoms with E-state index in [1.807, 2.05) is 0 Å². The van der Waals surface area contributed by atoms with Gasteiger partial charge in [-0.25, -0.2) is 9.37 Å². The summed E-state index contributed by atoms with van der Waals surface area (Å²) < 4.78 is 21.3. The largest absolute Gasteiger partial charge is 0.454 e. The molecule has 2 aliphatic rings. The minimum Gasteiger partial charge on any atom is -0.454 e. The van der Waals surface area contributed by atoms with E-state index < -0.39 is 17.3 Å². The fraction of sp³-hybridized carbons (Fsp3) is 0.214. The molecule has 2 amide bonds. The molecule has 0 saturated heterocycles. The van der Waals surface area contributed by atoms with Crippen LogP contribution >= 0.6 is 34.5 Å². The van der Waals surface area contributed by atoms with Crippen molar-refractivity contribution in [3.63, 3.8) is 0 Å². The van der Waals surface area contributed by atoms with Gasteiger partial charge >= 0.3 is 0 Å². The molecule has 40 heavy (non-hydrogen) atoms. The molecule has 0 radical (unpaired) electrons. The topological polar surface area (TPSA) is 130 Å². The van der Waals surface area contributed by atoms with Gasteiger partial charge in [-0.15, -0.1) is 0 Å². The Morgan fingerprint density at radius 3 is 2.62 bits per heavy atom. The molecule has 0 unspecified atom stereocenters. The fourth-order valence-corrected chi connectivity index (χ4v) is 5.82. The van der Waals surface area contributed by atoms with Crippen LogP contribution < -0.4 is 21.1 Å². The van der Waals surface area contributed by atoms with Crippen LogP contribution in [0.4, 0.5) is 15.2 Å². The van der Waals surface area contributed by atoms with E-state index in [1.54, 1.807) is 18.2 Å². The summed E-state index contributed by atoms with van der Waals surface area (Å²) in [4.78, 5) is 29.6. The van der Waals surface area contributed by atoms with Gasteiger partial charge in [-0.1, -0.05) is 46.7 Å². The molecule has 4 aromatic rings. The normalized spacial score (nSPS) is 15.4. The number of ether oxygens (including phenoxy) is 1. The van der Waals surface area contributed by atoms with Gasteiger partial charge in [0.15, 0.2) is 5.13 Å². The van der Waals surface area contributed by atoms with Gasteiger partial charge in [0.25, 0.3) is 5.91 Å². The zero-order chi connectivity index (χ0) is 28.2. The monoisotopic (exact) mass is 595 g/mol. The van der Waals surface area contributed by atoms with E-state index in [0.29, 0.717) is 20.9 Å². The molecule has 0 atom stereocenters. The molecule has 2 aliphatic carbocycles. The molecule has 0 aliphatic heterocycles. The highest BCUT2D eigenvalue weighted by atomic mass is 35.5. The summed E-state index contributed by atoms with van der Waals surface area (Å²) in [5.74, 6) is -1.34.